The number of rotatable bonds is 1. The summed E-state index contributed by atoms with van der Waals surface area (Å²) in [6, 6.07) is 17.0. The van der Waals surface area contributed by atoms with E-state index in [0.717, 1.165) is 16.8 Å². The number of nitrogens with two attached hydrogens (primary N) is 1. The molecule has 0 spiro atoms. The number of allylic oxidation sites excluding steroid dienone is 1. The molecule has 0 saturated heterocycles. The average molecular weight is 303 g/mol. The standard InChI is InChI=1S/C18H13N3O2/c19-9-12-15(11-6-2-4-8-14(11)23-17(12)20)16-10-5-1-3-7-13(10)21-18(16)22/h1-8,15-16H,20H2,(H,21,22)/t15-,16-/m0/s1. The third-order valence-electron chi connectivity index (χ3n) is 4.34. The van der Waals surface area contributed by atoms with Crippen LogP contribution in [0.25, 0.3) is 0 Å². The minimum Gasteiger partial charge on any atom is -0.440 e. The Bertz CT molecular complexity index is 895. The number of fused-ring (bicyclic) bond motifs is 2. The number of para-hydroxylation sites is 2. The van der Waals surface area contributed by atoms with Gasteiger partial charge in [0.25, 0.3) is 0 Å². The number of benzene rings is 2. The van der Waals surface area contributed by atoms with Gasteiger partial charge in [0.1, 0.15) is 11.8 Å². The molecule has 4 rings (SSSR count). The fourth-order valence-electron chi connectivity index (χ4n) is 3.35. The maximum Gasteiger partial charge on any atom is 0.233 e. The van der Waals surface area contributed by atoms with E-state index < -0.39 is 11.8 Å². The first-order valence-corrected chi connectivity index (χ1v) is 7.27. The third kappa shape index (κ3) is 1.89. The van der Waals surface area contributed by atoms with Crippen molar-refractivity contribution >= 4 is 11.6 Å². The first-order valence-electron chi connectivity index (χ1n) is 7.27. The second kappa shape index (κ2) is 4.89. The van der Waals surface area contributed by atoms with Crippen molar-refractivity contribution in [3.63, 3.8) is 0 Å². The number of hydrogen-bond acceptors (Lipinski definition) is 4. The smallest absolute Gasteiger partial charge is 0.233 e. The lowest BCUT2D eigenvalue weighted by Crippen LogP contribution is -2.27. The van der Waals surface area contributed by atoms with E-state index in [-0.39, 0.29) is 11.8 Å². The van der Waals surface area contributed by atoms with Gasteiger partial charge in [0.05, 0.1) is 11.5 Å². The summed E-state index contributed by atoms with van der Waals surface area (Å²) >= 11 is 0. The van der Waals surface area contributed by atoms with Gasteiger partial charge in [-0.25, -0.2) is 0 Å². The number of ether oxygens (including phenoxy) is 1. The summed E-state index contributed by atoms with van der Waals surface area (Å²) in [7, 11) is 0. The van der Waals surface area contributed by atoms with Crippen LogP contribution in [0.2, 0.25) is 0 Å². The Balaban J connectivity index is 1.94. The van der Waals surface area contributed by atoms with E-state index in [2.05, 4.69) is 11.4 Å². The summed E-state index contributed by atoms with van der Waals surface area (Å²) < 4.78 is 5.55. The van der Waals surface area contributed by atoms with Crippen LogP contribution in [0.5, 0.6) is 5.75 Å². The molecule has 5 nitrogen and oxygen atoms in total. The van der Waals surface area contributed by atoms with Gasteiger partial charge in [0.15, 0.2) is 0 Å². The fraction of sp³-hybridized carbons (Fsp3) is 0.111. The maximum atomic E-state index is 12.6. The molecule has 2 aromatic carbocycles. The molecule has 0 saturated carbocycles. The molecule has 2 aromatic rings. The lowest BCUT2D eigenvalue weighted by molar-refractivity contribution is -0.117. The summed E-state index contributed by atoms with van der Waals surface area (Å²) in [5.74, 6) is -0.425. The number of anilines is 1. The van der Waals surface area contributed by atoms with E-state index in [0.29, 0.717) is 11.3 Å². The zero-order valence-corrected chi connectivity index (χ0v) is 12.1. The molecule has 0 aliphatic carbocycles. The van der Waals surface area contributed by atoms with Gasteiger partial charge in [-0.1, -0.05) is 36.4 Å². The minimum absolute atomic E-state index is 0.0633. The molecule has 112 valence electrons. The van der Waals surface area contributed by atoms with Gasteiger partial charge >= 0.3 is 0 Å². The van der Waals surface area contributed by atoms with E-state index >= 15 is 0 Å². The zero-order valence-electron chi connectivity index (χ0n) is 12.1. The Kier molecular flexibility index (Phi) is 2.85. The van der Waals surface area contributed by atoms with Crippen LogP contribution in [0, 0.1) is 11.3 Å². The van der Waals surface area contributed by atoms with Crippen molar-refractivity contribution in [3.05, 3.63) is 71.1 Å². The summed E-state index contributed by atoms with van der Waals surface area (Å²) in [5, 5.41) is 12.4. The molecule has 0 fully saturated rings. The minimum atomic E-state index is -0.496. The summed E-state index contributed by atoms with van der Waals surface area (Å²) in [4.78, 5) is 12.6. The van der Waals surface area contributed by atoms with Crippen LogP contribution in [0.15, 0.2) is 60.0 Å². The van der Waals surface area contributed by atoms with Gasteiger partial charge in [-0.15, -0.1) is 0 Å². The van der Waals surface area contributed by atoms with E-state index in [9.17, 15) is 10.1 Å². The van der Waals surface area contributed by atoms with Gasteiger partial charge in [-0.2, -0.15) is 5.26 Å². The van der Waals surface area contributed by atoms with Crippen molar-refractivity contribution in [2.24, 2.45) is 5.73 Å². The van der Waals surface area contributed by atoms with Crippen LogP contribution in [0.4, 0.5) is 5.69 Å². The molecular formula is C18H13N3O2. The number of carbonyl (C=O) groups excluding carboxylic acids is 1. The maximum absolute atomic E-state index is 12.6. The number of nitrogens with one attached hydrogen (secondary N) is 1. The van der Waals surface area contributed by atoms with Crippen molar-refractivity contribution in [2.75, 3.05) is 5.32 Å². The predicted molar refractivity (Wildman–Crippen MR) is 84.5 cm³/mol. The Labute approximate surface area is 133 Å². The predicted octanol–water partition coefficient (Wildman–Crippen LogP) is 2.59. The van der Waals surface area contributed by atoms with Crippen LogP contribution >= 0.6 is 0 Å². The summed E-state index contributed by atoms with van der Waals surface area (Å²) in [6.07, 6.45) is 0. The zero-order chi connectivity index (χ0) is 16.0. The first kappa shape index (κ1) is 13.4. The van der Waals surface area contributed by atoms with Crippen molar-refractivity contribution in [3.8, 4) is 11.8 Å². The first-order chi connectivity index (χ1) is 11.2. The lowest BCUT2D eigenvalue weighted by Gasteiger charge is -2.29. The van der Waals surface area contributed by atoms with E-state index in [4.69, 9.17) is 10.5 Å². The average Bonchev–Trinajstić information content (AvgIpc) is 2.89. The number of nitrogens with zero attached hydrogens (tertiary/aromatic N) is 1. The van der Waals surface area contributed by atoms with Crippen molar-refractivity contribution in [1.82, 2.24) is 0 Å². The van der Waals surface area contributed by atoms with E-state index in [1.807, 2.05) is 42.5 Å². The van der Waals surface area contributed by atoms with Crippen molar-refractivity contribution in [1.29, 1.82) is 5.26 Å². The Hall–Kier alpha value is -3.26. The highest BCUT2D eigenvalue weighted by Crippen LogP contribution is 2.49. The van der Waals surface area contributed by atoms with Crippen LogP contribution in [-0.4, -0.2) is 5.91 Å². The molecule has 0 unspecified atom stereocenters. The summed E-state index contributed by atoms with van der Waals surface area (Å²) in [5.41, 5.74) is 8.68. The molecule has 3 N–H and O–H groups in total. The molecule has 0 bridgehead atoms. The second-order valence-electron chi connectivity index (χ2n) is 5.56. The fourth-order valence-corrected chi connectivity index (χ4v) is 3.35. The highest BCUT2D eigenvalue weighted by molar-refractivity contribution is 6.04. The highest BCUT2D eigenvalue weighted by Gasteiger charge is 2.43. The van der Waals surface area contributed by atoms with E-state index in [1.165, 1.54) is 0 Å². The molecule has 23 heavy (non-hydrogen) atoms. The Morgan fingerprint density at radius 1 is 1.04 bits per heavy atom. The second-order valence-corrected chi connectivity index (χ2v) is 5.56. The SMILES string of the molecule is N#CC1=C(N)Oc2ccccc2[C@@H]1[C@H]1C(=O)Nc2ccccc21. The molecule has 2 atom stereocenters. The molecule has 2 heterocycles. The molecule has 0 radical (unpaired) electrons. The number of amides is 1. The van der Waals surface area contributed by atoms with Gasteiger partial charge in [0, 0.05) is 17.2 Å². The Morgan fingerprint density at radius 2 is 1.74 bits per heavy atom. The van der Waals surface area contributed by atoms with Crippen LogP contribution in [0.3, 0.4) is 0 Å². The van der Waals surface area contributed by atoms with Gasteiger partial charge in [-0.3, -0.25) is 4.79 Å². The summed E-state index contributed by atoms with van der Waals surface area (Å²) in [6.45, 7) is 0. The molecule has 1 amide bonds. The van der Waals surface area contributed by atoms with Gasteiger partial charge in [0.2, 0.25) is 11.8 Å². The largest absolute Gasteiger partial charge is 0.440 e. The number of hydrogen-bond donors (Lipinski definition) is 2. The molecular weight excluding hydrogens is 290 g/mol. The van der Waals surface area contributed by atoms with E-state index in [1.54, 1.807) is 6.07 Å². The molecule has 0 aromatic heterocycles. The third-order valence-corrected chi connectivity index (χ3v) is 4.34. The van der Waals surface area contributed by atoms with Gasteiger partial charge < -0.3 is 15.8 Å². The van der Waals surface area contributed by atoms with Crippen LogP contribution < -0.4 is 15.8 Å². The molecule has 2 aliphatic rings. The monoisotopic (exact) mass is 303 g/mol. The topological polar surface area (TPSA) is 88.1 Å². The van der Waals surface area contributed by atoms with Gasteiger partial charge in [-0.05, 0) is 17.7 Å². The van der Waals surface area contributed by atoms with Crippen molar-refractivity contribution in [2.45, 2.75) is 11.8 Å². The normalized spacial score (nSPS) is 21.8. The van der Waals surface area contributed by atoms with Crippen LogP contribution in [0.1, 0.15) is 23.0 Å². The Morgan fingerprint density at radius 3 is 2.52 bits per heavy atom. The number of carbonyl (C=O) groups is 1. The molecule has 2 aliphatic heterocycles. The highest BCUT2D eigenvalue weighted by atomic mass is 16.5. The van der Waals surface area contributed by atoms with Crippen LogP contribution in [-0.2, 0) is 4.79 Å². The lowest BCUT2D eigenvalue weighted by atomic mass is 9.76. The van der Waals surface area contributed by atoms with Crippen molar-refractivity contribution < 1.29 is 9.53 Å². The quantitative estimate of drug-likeness (QED) is 0.847. The molecule has 5 heteroatoms. The number of nitriles is 1.